The van der Waals surface area contributed by atoms with Crippen molar-refractivity contribution < 1.29 is 9.53 Å². The highest BCUT2D eigenvalue weighted by Crippen LogP contribution is 2.19. The predicted octanol–water partition coefficient (Wildman–Crippen LogP) is 2.08. The van der Waals surface area contributed by atoms with Gasteiger partial charge in [0.25, 0.3) is 0 Å². The molecule has 4 nitrogen and oxygen atoms in total. The largest absolute Gasteiger partial charge is 0.497 e. The fraction of sp³-hybridized carbons (Fsp3) is 0.357. The molecule has 2 amide bonds. The minimum atomic E-state index is -0.254. The Kier molecular flexibility index (Phi) is 5.59. The van der Waals surface area contributed by atoms with E-state index >= 15 is 0 Å². The van der Waals surface area contributed by atoms with Crippen LogP contribution in [-0.2, 0) is 0 Å². The zero-order chi connectivity index (χ0) is 13.4. The molecule has 0 saturated heterocycles. The quantitative estimate of drug-likeness (QED) is 0.781. The highest BCUT2D eigenvalue weighted by Gasteiger charge is 2.11. The van der Waals surface area contributed by atoms with Gasteiger partial charge >= 0.3 is 6.03 Å². The van der Waals surface area contributed by atoms with Crippen LogP contribution in [0.1, 0.15) is 24.9 Å². The van der Waals surface area contributed by atoms with E-state index in [0.29, 0.717) is 0 Å². The summed E-state index contributed by atoms with van der Waals surface area (Å²) in [6.07, 6.45) is 5.88. The molecule has 0 heterocycles. The molecule has 0 aliphatic heterocycles. The fourth-order valence-corrected chi connectivity index (χ4v) is 1.60. The van der Waals surface area contributed by atoms with Gasteiger partial charge < -0.3 is 15.4 Å². The topological polar surface area (TPSA) is 50.4 Å². The maximum Gasteiger partial charge on any atom is 0.316 e. The molecule has 0 spiro atoms. The fourth-order valence-electron chi connectivity index (χ4n) is 1.60. The van der Waals surface area contributed by atoms with Crippen molar-refractivity contribution in [1.82, 2.24) is 10.6 Å². The van der Waals surface area contributed by atoms with Gasteiger partial charge in [0.05, 0.1) is 19.7 Å². The van der Waals surface area contributed by atoms with Gasteiger partial charge in [-0.25, -0.2) is 4.79 Å². The molecule has 1 atom stereocenters. The molecule has 0 aromatic heterocycles. The molecule has 96 valence electrons. The molecule has 0 aliphatic rings. The van der Waals surface area contributed by atoms with Gasteiger partial charge in [-0.2, -0.15) is 0 Å². The van der Waals surface area contributed by atoms with Crippen molar-refractivity contribution in [2.24, 2.45) is 0 Å². The smallest absolute Gasteiger partial charge is 0.316 e. The average molecular weight is 246 g/mol. The van der Waals surface area contributed by atoms with Crippen LogP contribution in [0.15, 0.2) is 24.3 Å². The van der Waals surface area contributed by atoms with E-state index in [1.807, 2.05) is 31.2 Å². The lowest BCUT2D eigenvalue weighted by Crippen LogP contribution is -2.37. The number of nitrogens with one attached hydrogen (secondary N) is 2. The van der Waals surface area contributed by atoms with E-state index in [1.165, 1.54) is 0 Å². The van der Waals surface area contributed by atoms with Gasteiger partial charge in [0.1, 0.15) is 5.75 Å². The van der Waals surface area contributed by atoms with Crippen molar-refractivity contribution in [2.75, 3.05) is 13.7 Å². The Balaban J connectivity index is 2.64. The third-order valence-electron chi connectivity index (χ3n) is 2.58. The number of hydrogen-bond acceptors (Lipinski definition) is 2. The number of benzene rings is 1. The van der Waals surface area contributed by atoms with Crippen LogP contribution in [0.5, 0.6) is 5.75 Å². The van der Waals surface area contributed by atoms with Crippen LogP contribution >= 0.6 is 0 Å². The van der Waals surface area contributed by atoms with Gasteiger partial charge in [-0.15, -0.1) is 6.42 Å². The molecule has 0 radical (unpaired) electrons. The number of carbonyl (C=O) groups is 1. The number of carbonyl (C=O) groups excluding carboxylic acids is 1. The molecule has 2 N–H and O–H groups in total. The molecule has 1 aromatic rings. The van der Waals surface area contributed by atoms with Gasteiger partial charge in [0.15, 0.2) is 0 Å². The number of hydrogen-bond donors (Lipinski definition) is 2. The monoisotopic (exact) mass is 246 g/mol. The summed E-state index contributed by atoms with van der Waals surface area (Å²) < 4.78 is 5.09. The number of rotatable bonds is 5. The lowest BCUT2D eigenvalue weighted by molar-refractivity contribution is 0.238. The number of terminal acetylenes is 1. The second kappa shape index (κ2) is 7.23. The summed E-state index contributed by atoms with van der Waals surface area (Å²) in [5, 5.41) is 5.45. The Morgan fingerprint density at radius 3 is 2.61 bits per heavy atom. The highest BCUT2D eigenvalue weighted by atomic mass is 16.5. The third kappa shape index (κ3) is 4.02. The predicted molar refractivity (Wildman–Crippen MR) is 71.4 cm³/mol. The lowest BCUT2D eigenvalue weighted by Gasteiger charge is -2.17. The van der Waals surface area contributed by atoms with Crippen molar-refractivity contribution in [3.05, 3.63) is 29.8 Å². The van der Waals surface area contributed by atoms with E-state index in [9.17, 15) is 4.79 Å². The zero-order valence-electron chi connectivity index (χ0n) is 10.7. The van der Waals surface area contributed by atoms with Crippen LogP contribution in [0.25, 0.3) is 0 Å². The first kappa shape index (κ1) is 13.9. The van der Waals surface area contributed by atoms with Gasteiger partial charge in [-0.3, -0.25) is 0 Å². The van der Waals surface area contributed by atoms with Crippen LogP contribution in [-0.4, -0.2) is 19.7 Å². The van der Waals surface area contributed by atoms with Crippen molar-refractivity contribution in [3.63, 3.8) is 0 Å². The number of urea groups is 1. The Morgan fingerprint density at radius 1 is 1.44 bits per heavy atom. The van der Waals surface area contributed by atoms with Crippen molar-refractivity contribution >= 4 is 6.03 Å². The van der Waals surface area contributed by atoms with E-state index < -0.39 is 0 Å². The standard InChI is InChI=1S/C14H18N2O2/c1-4-10-15-14(17)16-13(5-2)11-6-8-12(18-3)9-7-11/h1,6-9,13H,5,10H2,2-3H3,(H2,15,16,17)/t13-/m0/s1. The summed E-state index contributed by atoms with van der Waals surface area (Å²) in [4.78, 5) is 11.5. The molecule has 1 aromatic carbocycles. The maximum absolute atomic E-state index is 11.5. The average Bonchev–Trinajstić information content (AvgIpc) is 2.42. The Morgan fingerprint density at radius 2 is 2.11 bits per heavy atom. The molecule has 18 heavy (non-hydrogen) atoms. The summed E-state index contributed by atoms with van der Waals surface area (Å²) in [7, 11) is 1.62. The van der Waals surface area contributed by atoms with Gasteiger partial charge in [0, 0.05) is 0 Å². The molecular weight excluding hydrogens is 228 g/mol. The number of methoxy groups -OCH3 is 1. The normalized spacial score (nSPS) is 11.2. The second-order valence-corrected chi connectivity index (χ2v) is 3.77. The molecule has 0 fully saturated rings. The van der Waals surface area contributed by atoms with E-state index in [-0.39, 0.29) is 18.6 Å². The molecule has 0 saturated carbocycles. The third-order valence-corrected chi connectivity index (χ3v) is 2.58. The summed E-state index contributed by atoms with van der Waals surface area (Å²) in [6, 6.07) is 7.34. The van der Waals surface area contributed by atoms with E-state index in [4.69, 9.17) is 11.2 Å². The highest BCUT2D eigenvalue weighted by molar-refractivity contribution is 5.74. The molecule has 1 rings (SSSR count). The molecule has 0 unspecified atom stereocenters. The zero-order valence-corrected chi connectivity index (χ0v) is 10.7. The van der Waals surface area contributed by atoms with Crippen LogP contribution in [0, 0.1) is 12.3 Å². The van der Waals surface area contributed by atoms with E-state index in [0.717, 1.165) is 17.7 Å². The van der Waals surface area contributed by atoms with Crippen LogP contribution < -0.4 is 15.4 Å². The van der Waals surface area contributed by atoms with Crippen LogP contribution in [0.4, 0.5) is 4.79 Å². The minimum absolute atomic E-state index is 0.0336. The Bertz CT molecular complexity index is 420. The SMILES string of the molecule is C#CCNC(=O)N[C@@H](CC)c1ccc(OC)cc1. The molecule has 0 aliphatic carbocycles. The molecule has 0 bridgehead atoms. The number of amides is 2. The van der Waals surface area contributed by atoms with Crippen molar-refractivity contribution in [3.8, 4) is 18.1 Å². The summed E-state index contributed by atoms with van der Waals surface area (Å²) in [5.41, 5.74) is 1.04. The Hall–Kier alpha value is -2.15. The van der Waals surface area contributed by atoms with Crippen molar-refractivity contribution in [1.29, 1.82) is 0 Å². The summed E-state index contributed by atoms with van der Waals surface area (Å²) in [5.74, 6) is 3.15. The van der Waals surface area contributed by atoms with Gasteiger partial charge in [0.2, 0.25) is 0 Å². The lowest BCUT2D eigenvalue weighted by atomic mass is 10.0. The first-order valence-corrected chi connectivity index (χ1v) is 5.83. The number of ether oxygens (including phenoxy) is 1. The minimum Gasteiger partial charge on any atom is -0.497 e. The van der Waals surface area contributed by atoms with Crippen LogP contribution in [0.3, 0.4) is 0 Å². The van der Waals surface area contributed by atoms with Gasteiger partial charge in [-0.05, 0) is 24.1 Å². The van der Waals surface area contributed by atoms with Crippen LogP contribution in [0.2, 0.25) is 0 Å². The molecular formula is C14H18N2O2. The molecule has 4 heteroatoms. The second-order valence-electron chi connectivity index (χ2n) is 3.77. The summed E-state index contributed by atoms with van der Waals surface area (Å²) in [6.45, 7) is 2.24. The first-order chi connectivity index (χ1) is 8.71. The first-order valence-electron chi connectivity index (χ1n) is 5.83. The Labute approximate surface area is 108 Å². The van der Waals surface area contributed by atoms with E-state index in [1.54, 1.807) is 7.11 Å². The maximum atomic E-state index is 11.5. The van der Waals surface area contributed by atoms with Crippen molar-refractivity contribution in [2.45, 2.75) is 19.4 Å². The summed E-state index contributed by atoms with van der Waals surface area (Å²) >= 11 is 0. The van der Waals surface area contributed by atoms with E-state index in [2.05, 4.69) is 16.6 Å². The van der Waals surface area contributed by atoms with Gasteiger partial charge in [-0.1, -0.05) is 25.0 Å².